The summed E-state index contributed by atoms with van der Waals surface area (Å²) in [7, 11) is 0. The highest BCUT2D eigenvalue weighted by Crippen LogP contribution is 2.19. The predicted molar refractivity (Wildman–Crippen MR) is 125 cm³/mol. The number of ether oxygens (including phenoxy) is 1. The third-order valence-corrected chi connectivity index (χ3v) is 5.14. The number of hydrazone groups is 1. The van der Waals surface area contributed by atoms with Gasteiger partial charge in [0.15, 0.2) is 0 Å². The molecule has 0 unspecified atom stereocenters. The molecule has 0 saturated heterocycles. The maximum absolute atomic E-state index is 12.2. The molecule has 0 bridgehead atoms. The SMILES string of the molecule is O=C(CNC(=O)c1ccccc1Cl)N/N=C/c1ccc(OC(=O)c2ccccc2Br)cc1. The molecule has 3 aromatic rings. The summed E-state index contributed by atoms with van der Waals surface area (Å²) in [5.41, 5.74) is 3.69. The summed E-state index contributed by atoms with van der Waals surface area (Å²) in [5, 5.41) is 6.61. The van der Waals surface area contributed by atoms with Gasteiger partial charge in [-0.3, -0.25) is 9.59 Å². The number of carbonyl (C=O) groups excluding carboxylic acids is 3. The van der Waals surface area contributed by atoms with Crippen molar-refractivity contribution in [3.8, 4) is 5.75 Å². The lowest BCUT2D eigenvalue weighted by atomic mass is 10.2. The fourth-order valence-corrected chi connectivity index (χ4v) is 3.20. The van der Waals surface area contributed by atoms with Gasteiger partial charge >= 0.3 is 5.97 Å². The zero-order valence-corrected chi connectivity index (χ0v) is 18.9. The van der Waals surface area contributed by atoms with Crippen LogP contribution in [0.25, 0.3) is 0 Å². The van der Waals surface area contributed by atoms with E-state index in [9.17, 15) is 14.4 Å². The molecule has 0 aliphatic carbocycles. The van der Waals surface area contributed by atoms with Crippen LogP contribution in [-0.2, 0) is 4.79 Å². The lowest BCUT2D eigenvalue weighted by Gasteiger charge is -2.06. The fourth-order valence-electron chi connectivity index (χ4n) is 2.53. The van der Waals surface area contributed by atoms with E-state index in [0.717, 1.165) is 0 Å². The highest BCUT2D eigenvalue weighted by molar-refractivity contribution is 9.10. The minimum atomic E-state index is -0.499. The second kappa shape index (κ2) is 11.2. The van der Waals surface area contributed by atoms with Gasteiger partial charge in [-0.15, -0.1) is 0 Å². The van der Waals surface area contributed by atoms with Crippen molar-refractivity contribution in [1.82, 2.24) is 10.7 Å². The van der Waals surface area contributed by atoms with Crippen LogP contribution in [0.2, 0.25) is 5.02 Å². The van der Waals surface area contributed by atoms with Gasteiger partial charge < -0.3 is 10.1 Å². The molecule has 0 heterocycles. The normalized spacial score (nSPS) is 10.6. The Morgan fingerprint density at radius 1 is 0.938 bits per heavy atom. The smallest absolute Gasteiger partial charge is 0.344 e. The van der Waals surface area contributed by atoms with Gasteiger partial charge in [0, 0.05) is 4.47 Å². The summed E-state index contributed by atoms with van der Waals surface area (Å²) < 4.78 is 5.99. The summed E-state index contributed by atoms with van der Waals surface area (Å²) in [6.45, 7) is -0.259. The lowest BCUT2D eigenvalue weighted by Crippen LogP contribution is -2.35. The first-order valence-electron chi connectivity index (χ1n) is 9.35. The third-order valence-electron chi connectivity index (χ3n) is 4.12. The molecular formula is C23H17BrClN3O4. The number of hydrogen-bond acceptors (Lipinski definition) is 5. The van der Waals surface area contributed by atoms with Crippen molar-refractivity contribution in [2.45, 2.75) is 0 Å². The van der Waals surface area contributed by atoms with Crippen molar-refractivity contribution in [3.05, 3.63) is 99.0 Å². The van der Waals surface area contributed by atoms with Crippen molar-refractivity contribution < 1.29 is 19.1 Å². The largest absolute Gasteiger partial charge is 0.423 e. The predicted octanol–water partition coefficient (Wildman–Crippen LogP) is 4.20. The van der Waals surface area contributed by atoms with E-state index in [2.05, 4.69) is 31.8 Å². The topological polar surface area (TPSA) is 96.9 Å². The van der Waals surface area contributed by atoms with E-state index in [4.69, 9.17) is 16.3 Å². The van der Waals surface area contributed by atoms with Crippen LogP contribution in [0.15, 0.2) is 82.4 Å². The van der Waals surface area contributed by atoms with Crippen LogP contribution in [0.1, 0.15) is 26.3 Å². The number of nitrogens with zero attached hydrogens (tertiary/aromatic N) is 1. The van der Waals surface area contributed by atoms with Gasteiger partial charge in [0.05, 0.1) is 28.9 Å². The number of esters is 1. The zero-order valence-electron chi connectivity index (χ0n) is 16.5. The van der Waals surface area contributed by atoms with Gasteiger partial charge in [0.2, 0.25) is 0 Å². The Labute approximate surface area is 197 Å². The molecule has 0 aliphatic rings. The molecule has 3 aromatic carbocycles. The Morgan fingerprint density at radius 3 is 2.28 bits per heavy atom. The first-order chi connectivity index (χ1) is 15.4. The first-order valence-corrected chi connectivity index (χ1v) is 10.5. The van der Waals surface area contributed by atoms with Crippen LogP contribution < -0.4 is 15.5 Å². The Kier molecular flexibility index (Phi) is 8.13. The molecule has 32 heavy (non-hydrogen) atoms. The Balaban J connectivity index is 1.47. The van der Waals surface area contributed by atoms with E-state index in [0.29, 0.717) is 26.4 Å². The molecule has 0 radical (unpaired) electrons. The number of rotatable bonds is 7. The molecule has 0 aliphatic heterocycles. The first kappa shape index (κ1) is 23.2. The maximum Gasteiger partial charge on any atom is 0.344 e. The monoisotopic (exact) mass is 513 g/mol. The van der Waals surface area contributed by atoms with Crippen molar-refractivity contribution in [2.24, 2.45) is 5.10 Å². The molecule has 3 rings (SSSR count). The van der Waals surface area contributed by atoms with Crippen LogP contribution in [-0.4, -0.2) is 30.5 Å². The number of benzene rings is 3. The highest BCUT2D eigenvalue weighted by Gasteiger charge is 2.12. The Morgan fingerprint density at radius 2 is 1.59 bits per heavy atom. The van der Waals surface area contributed by atoms with Crippen molar-refractivity contribution in [3.63, 3.8) is 0 Å². The van der Waals surface area contributed by atoms with Crippen LogP contribution in [0.5, 0.6) is 5.75 Å². The number of nitrogens with one attached hydrogen (secondary N) is 2. The van der Waals surface area contributed by atoms with Crippen LogP contribution in [0.4, 0.5) is 0 Å². The second-order valence-electron chi connectivity index (χ2n) is 6.39. The molecule has 0 fully saturated rings. The van der Waals surface area contributed by atoms with Crippen LogP contribution >= 0.6 is 27.5 Å². The number of hydrogen-bond donors (Lipinski definition) is 2. The summed E-state index contributed by atoms with van der Waals surface area (Å²) >= 11 is 9.26. The van der Waals surface area contributed by atoms with Crippen LogP contribution in [0, 0.1) is 0 Å². The molecule has 0 aromatic heterocycles. The van der Waals surface area contributed by atoms with E-state index in [1.165, 1.54) is 6.21 Å². The quantitative estimate of drug-likeness (QED) is 0.214. The minimum Gasteiger partial charge on any atom is -0.423 e. The molecule has 9 heteroatoms. The van der Waals surface area contributed by atoms with E-state index in [-0.39, 0.29) is 12.1 Å². The molecule has 2 N–H and O–H groups in total. The zero-order chi connectivity index (χ0) is 22.9. The van der Waals surface area contributed by atoms with Gasteiger partial charge in [0.25, 0.3) is 11.8 Å². The van der Waals surface area contributed by atoms with E-state index in [1.54, 1.807) is 72.8 Å². The average Bonchev–Trinajstić information content (AvgIpc) is 2.79. The molecule has 0 saturated carbocycles. The van der Waals surface area contributed by atoms with Gasteiger partial charge in [-0.2, -0.15) is 5.10 Å². The molecule has 7 nitrogen and oxygen atoms in total. The number of carbonyl (C=O) groups is 3. The Hall–Kier alpha value is -3.49. The van der Waals surface area contributed by atoms with Crippen molar-refractivity contribution >= 4 is 51.5 Å². The molecule has 0 spiro atoms. The molecule has 2 amide bonds. The number of halogens is 2. The van der Waals surface area contributed by atoms with Gasteiger partial charge in [0.1, 0.15) is 5.75 Å². The minimum absolute atomic E-state index is 0.259. The van der Waals surface area contributed by atoms with E-state index in [1.807, 2.05) is 0 Å². The van der Waals surface area contributed by atoms with Crippen molar-refractivity contribution in [2.75, 3.05) is 6.54 Å². The Bertz CT molecular complexity index is 1170. The summed E-state index contributed by atoms with van der Waals surface area (Å²) in [4.78, 5) is 36.1. The summed E-state index contributed by atoms with van der Waals surface area (Å²) in [5.74, 6) is -1.07. The lowest BCUT2D eigenvalue weighted by molar-refractivity contribution is -0.120. The molecule has 0 atom stereocenters. The van der Waals surface area contributed by atoms with Crippen molar-refractivity contribution in [1.29, 1.82) is 0 Å². The maximum atomic E-state index is 12.2. The van der Waals surface area contributed by atoms with E-state index >= 15 is 0 Å². The average molecular weight is 515 g/mol. The van der Waals surface area contributed by atoms with Gasteiger partial charge in [-0.05, 0) is 70.0 Å². The molecular weight excluding hydrogens is 498 g/mol. The standard InChI is InChI=1S/C23H17BrClN3O4/c24-19-7-3-1-5-17(19)23(31)32-16-11-9-15(10-12-16)13-27-28-21(29)14-26-22(30)18-6-2-4-8-20(18)25/h1-13H,14H2,(H,26,30)(H,28,29)/b27-13+. The van der Waals surface area contributed by atoms with Crippen LogP contribution in [0.3, 0.4) is 0 Å². The van der Waals surface area contributed by atoms with Gasteiger partial charge in [-0.1, -0.05) is 35.9 Å². The van der Waals surface area contributed by atoms with Gasteiger partial charge in [-0.25, -0.2) is 10.2 Å². The number of amides is 2. The third kappa shape index (κ3) is 6.50. The van der Waals surface area contributed by atoms with E-state index < -0.39 is 17.8 Å². The second-order valence-corrected chi connectivity index (χ2v) is 7.66. The highest BCUT2D eigenvalue weighted by atomic mass is 79.9. The molecule has 162 valence electrons. The fraction of sp³-hybridized carbons (Fsp3) is 0.0435. The summed E-state index contributed by atoms with van der Waals surface area (Å²) in [6, 6.07) is 20.1. The summed E-state index contributed by atoms with van der Waals surface area (Å²) in [6.07, 6.45) is 1.42.